The monoisotopic (exact) mass is 742 g/mol. The minimum absolute atomic E-state index is 0. The summed E-state index contributed by atoms with van der Waals surface area (Å²) >= 11 is 0. The maximum absolute atomic E-state index is 11.5. The number of rotatable bonds is 32. The Morgan fingerprint density at radius 2 is 0.812 bits per heavy atom. The van der Waals surface area contributed by atoms with Gasteiger partial charge in [0.1, 0.15) is 27.2 Å². The Balaban J connectivity index is 0. The second kappa shape index (κ2) is 37.1. The number of nitrogens with zero attached hydrogens (tertiary/aromatic N) is 1. The maximum Gasteiger partial charge on any atom is 0.366 e. The topological polar surface area (TPSA) is 52.6 Å². The summed E-state index contributed by atoms with van der Waals surface area (Å²) in [5, 5.41) is 0. The van der Waals surface area contributed by atoms with Crippen molar-refractivity contribution in [1.29, 1.82) is 0 Å². The van der Waals surface area contributed by atoms with Gasteiger partial charge in [-0.15, -0.1) is 4.65 Å². The first-order valence-electron chi connectivity index (χ1n) is 20.3. The molecule has 0 amide bonds. The fourth-order valence-electron chi connectivity index (χ4n) is 5.46. The van der Waals surface area contributed by atoms with Crippen molar-refractivity contribution in [2.24, 2.45) is 0 Å². The Labute approximate surface area is 309 Å². The molecule has 1 aliphatic rings. The smallest absolute Gasteiger partial charge is 0.366 e. The molecule has 0 N–H and O–H groups in total. The fraction of sp³-hybridized carbons (Fsp3) is 0.857. The van der Waals surface area contributed by atoms with E-state index >= 15 is 0 Å². The zero-order valence-electron chi connectivity index (χ0n) is 32.6. The lowest BCUT2D eigenvalue weighted by atomic mass is 10.1. The van der Waals surface area contributed by atoms with Gasteiger partial charge in [0, 0.05) is 6.42 Å². The normalized spacial score (nSPS) is 12.9. The molecular formula is C42H80BrNO4. The van der Waals surface area contributed by atoms with Crippen LogP contribution in [0.15, 0.2) is 24.3 Å². The SMILES string of the molecule is CCCCCCCCC=CCCCCCCCC(=O)OC1CC1.CCCCCCCCC=CCCCCCCCC(=O)O[N+](C)(C)C.[Br-]. The first kappa shape index (κ1) is 49.0. The molecule has 0 atom stereocenters. The fourth-order valence-corrected chi connectivity index (χ4v) is 5.46. The average Bonchev–Trinajstić information content (AvgIpc) is 3.84. The van der Waals surface area contributed by atoms with E-state index in [9.17, 15) is 9.59 Å². The molecule has 6 heteroatoms. The van der Waals surface area contributed by atoms with Crippen LogP contribution in [0.3, 0.4) is 0 Å². The van der Waals surface area contributed by atoms with Crippen molar-refractivity contribution in [3.63, 3.8) is 0 Å². The molecule has 0 bridgehead atoms. The van der Waals surface area contributed by atoms with E-state index in [4.69, 9.17) is 9.57 Å². The summed E-state index contributed by atoms with van der Waals surface area (Å²) in [5.41, 5.74) is 0. The van der Waals surface area contributed by atoms with Gasteiger partial charge in [0.05, 0.1) is 6.42 Å². The molecule has 1 rings (SSSR count). The number of unbranched alkanes of at least 4 members (excludes halogenated alkanes) is 22. The highest BCUT2D eigenvalue weighted by atomic mass is 79.9. The Morgan fingerprint density at radius 1 is 0.500 bits per heavy atom. The third-order valence-electron chi connectivity index (χ3n) is 8.48. The van der Waals surface area contributed by atoms with Gasteiger partial charge in [0.25, 0.3) is 0 Å². The molecule has 1 aliphatic carbocycles. The molecule has 0 heterocycles. The molecule has 0 aliphatic heterocycles. The van der Waals surface area contributed by atoms with Crippen LogP contribution in [0.1, 0.15) is 206 Å². The third kappa shape index (κ3) is 42.9. The summed E-state index contributed by atoms with van der Waals surface area (Å²) in [5.74, 6) is -0.0646. The average molecular weight is 743 g/mol. The summed E-state index contributed by atoms with van der Waals surface area (Å²) in [6.45, 7) is 4.54. The molecule has 5 nitrogen and oxygen atoms in total. The predicted octanol–water partition coefficient (Wildman–Crippen LogP) is 9.92. The lowest BCUT2D eigenvalue weighted by Crippen LogP contribution is -3.00. The highest BCUT2D eigenvalue weighted by molar-refractivity contribution is 5.69. The Kier molecular flexibility index (Phi) is 37.9. The lowest BCUT2D eigenvalue weighted by molar-refractivity contribution is -1.04. The van der Waals surface area contributed by atoms with E-state index in [-0.39, 0.29) is 39.7 Å². The molecule has 0 aromatic carbocycles. The van der Waals surface area contributed by atoms with Gasteiger partial charge >= 0.3 is 11.9 Å². The van der Waals surface area contributed by atoms with Crippen LogP contribution in [0.5, 0.6) is 0 Å². The van der Waals surface area contributed by atoms with Crippen LogP contribution in [0, 0.1) is 0 Å². The summed E-state index contributed by atoms with van der Waals surface area (Å²) in [7, 11) is 5.58. The zero-order valence-corrected chi connectivity index (χ0v) is 34.1. The first-order chi connectivity index (χ1) is 22.8. The molecule has 1 fully saturated rings. The van der Waals surface area contributed by atoms with Crippen LogP contribution in [0.2, 0.25) is 0 Å². The van der Waals surface area contributed by atoms with Gasteiger partial charge in [-0.3, -0.25) is 9.63 Å². The molecule has 48 heavy (non-hydrogen) atoms. The van der Waals surface area contributed by atoms with Gasteiger partial charge in [0.2, 0.25) is 0 Å². The van der Waals surface area contributed by atoms with Crippen LogP contribution < -0.4 is 17.0 Å². The van der Waals surface area contributed by atoms with Crippen LogP contribution in [0.25, 0.3) is 0 Å². The molecule has 0 radical (unpaired) electrons. The van der Waals surface area contributed by atoms with Gasteiger partial charge in [0.15, 0.2) is 0 Å². The predicted molar refractivity (Wildman–Crippen MR) is 202 cm³/mol. The zero-order chi connectivity index (χ0) is 34.7. The van der Waals surface area contributed by atoms with Crippen LogP contribution in [-0.4, -0.2) is 43.8 Å². The van der Waals surface area contributed by atoms with E-state index < -0.39 is 0 Å². The second-order valence-electron chi connectivity index (χ2n) is 14.7. The van der Waals surface area contributed by atoms with Crippen molar-refractivity contribution in [3.8, 4) is 0 Å². The molecule has 0 saturated heterocycles. The van der Waals surface area contributed by atoms with Crippen molar-refractivity contribution >= 4 is 11.9 Å². The number of hydrogen-bond acceptors (Lipinski definition) is 4. The van der Waals surface area contributed by atoms with Crippen molar-refractivity contribution in [1.82, 2.24) is 0 Å². The van der Waals surface area contributed by atoms with Gasteiger partial charge in [-0.1, -0.05) is 141 Å². The highest BCUT2D eigenvalue weighted by Gasteiger charge is 2.25. The number of hydroxylamine groups is 3. The summed E-state index contributed by atoms with van der Waals surface area (Å²) in [4.78, 5) is 28.2. The number of quaternary nitrogens is 1. The summed E-state index contributed by atoms with van der Waals surface area (Å²) in [6, 6.07) is 0. The van der Waals surface area contributed by atoms with Gasteiger partial charge in [-0.05, 0) is 77.0 Å². The van der Waals surface area contributed by atoms with Crippen molar-refractivity contribution in [3.05, 3.63) is 24.3 Å². The number of esters is 1. The van der Waals surface area contributed by atoms with E-state index in [1.807, 2.05) is 21.1 Å². The number of ether oxygens (including phenoxy) is 1. The summed E-state index contributed by atoms with van der Waals surface area (Å²) < 4.78 is 5.49. The molecule has 0 aromatic heterocycles. The quantitative estimate of drug-likeness (QED) is 0.0227. The Morgan fingerprint density at radius 3 is 1.15 bits per heavy atom. The first-order valence-corrected chi connectivity index (χ1v) is 20.3. The lowest BCUT2D eigenvalue weighted by Gasteiger charge is -2.20. The number of carbonyl (C=O) groups excluding carboxylic acids is 2. The number of halogens is 1. The minimum Gasteiger partial charge on any atom is -1.00 e. The van der Waals surface area contributed by atoms with Gasteiger partial charge < -0.3 is 21.7 Å². The van der Waals surface area contributed by atoms with Crippen LogP contribution in [-0.2, 0) is 19.2 Å². The number of hydrogen-bond donors (Lipinski definition) is 0. The van der Waals surface area contributed by atoms with Gasteiger partial charge in [-0.25, -0.2) is 4.79 Å². The van der Waals surface area contributed by atoms with E-state index in [1.54, 1.807) is 0 Å². The molecule has 284 valence electrons. The highest BCUT2D eigenvalue weighted by Crippen LogP contribution is 2.24. The maximum atomic E-state index is 11.5. The van der Waals surface area contributed by atoms with E-state index in [2.05, 4.69) is 38.2 Å². The number of carbonyl (C=O) groups is 2. The van der Waals surface area contributed by atoms with Crippen LogP contribution >= 0.6 is 0 Å². The molecule has 0 spiro atoms. The van der Waals surface area contributed by atoms with Crippen LogP contribution in [0.4, 0.5) is 0 Å². The summed E-state index contributed by atoms with van der Waals surface area (Å²) in [6.07, 6.45) is 46.4. The Hall–Kier alpha value is -1.14. The van der Waals surface area contributed by atoms with E-state index in [0.717, 1.165) is 32.1 Å². The number of allylic oxidation sites excluding steroid dienone is 4. The standard InChI is InChI=1S/C21H42NO2.C21H38O2.BrH/c1-5-6-7-8-9-10-11-12-13-14-15-16-17-18-19-20-21(23)24-22(2,3)4;1-2-3-4-5-6-7-8-9-10-11-12-13-14-15-16-17-21(22)23-20-18-19-20;/h12-13H,5-11,14-20H2,1-4H3;9-10,20H,2-8,11-19H2,1H3;1H/q+1;;/p-1. The van der Waals surface area contributed by atoms with Gasteiger partial charge in [-0.2, -0.15) is 0 Å². The second-order valence-corrected chi connectivity index (χ2v) is 14.7. The minimum atomic E-state index is -0.0832. The largest absolute Gasteiger partial charge is 1.00 e. The van der Waals surface area contributed by atoms with Crippen molar-refractivity contribution < 1.29 is 40.8 Å². The van der Waals surface area contributed by atoms with Crippen molar-refractivity contribution in [2.75, 3.05) is 21.1 Å². The molecule has 0 unspecified atom stereocenters. The van der Waals surface area contributed by atoms with Crippen molar-refractivity contribution in [2.45, 2.75) is 213 Å². The third-order valence-corrected chi connectivity index (χ3v) is 8.48. The molecule has 0 aromatic rings. The molecule has 1 saturated carbocycles. The van der Waals surface area contributed by atoms with E-state index in [1.165, 1.54) is 148 Å². The van der Waals surface area contributed by atoms with E-state index in [0.29, 0.717) is 12.8 Å². The Bertz CT molecular complexity index is 757. The molecular weight excluding hydrogens is 662 g/mol.